The molecule has 186 valence electrons. The van der Waals surface area contributed by atoms with Crippen LogP contribution in [-0.2, 0) is 11.3 Å². The number of rotatable bonds is 8. The SMILES string of the molecule is Cc1ccc(C)c(Cn2c(N3CCC(C(=O)NCCCN4CCCC4)CC3)nc3ccccc32)c1. The minimum atomic E-state index is 0.106. The number of hydrogen-bond donors (Lipinski definition) is 1. The van der Waals surface area contributed by atoms with Crippen molar-refractivity contribution in [3.8, 4) is 0 Å². The molecule has 2 aromatic carbocycles. The molecule has 2 fully saturated rings. The number of amides is 1. The molecular weight excluding hydrogens is 434 g/mol. The highest BCUT2D eigenvalue weighted by Gasteiger charge is 2.27. The number of anilines is 1. The molecule has 0 unspecified atom stereocenters. The Morgan fingerprint density at radius 2 is 1.80 bits per heavy atom. The van der Waals surface area contributed by atoms with Gasteiger partial charge in [-0.15, -0.1) is 0 Å². The molecule has 5 rings (SSSR count). The predicted molar refractivity (Wildman–Crippen MR) is 143 cm³/mol. The van der Waals surface area contributed by atoms with Crippen LogP contribution >= 0.6 is 0 Å². The van der Waals surface area contributed by atoms with Crippen LogP contribution in [0, 0.1) is 19.8 Å². The average Bonchev–Trinajstić information content (AvgIpc) is 3.52. The molecule has 6 nitrogen and oxygen atoms in total. The molecule has 2 aliphatic heterocycles. The van der Waals surface area contributed by atoms with E-state index in [0.717, 1.165) is 63.5 Å². The molecule has 3 heterocycles. The quantitative estimate of drug-likeness (QED) is 0.489. The molecular formula is C29H39N5O. The van der Waals surface area contributed by atoms with Crippen molar-refractivity contribution in [1.82, 2.24) is 19.8 Å². The fourth-order valence-corrected chi connectivity index (χ4v) is 5.61. The van der Waals surface area contributed by atoms with E-state index in [1.54, 1.807) is 0 Å². The van der Waals surface area contributed by atoms with E-state index in [4.69, 9.17) is 4.98 Å². The second-order valence-electron chi connectivity index (χ2n) is 10.4. The van der Waals surface area contributed by atoms with Crippen LogP contribution in [0.4, 0.5) is 5.95 Å². The van der Waals surface area contributed by atoms with E-state index < -0.39 is 0 Å². The number of imidazole rings is 1. The van der Waals surface area contributed by atoms with Gasteiger partial charge in [0.05, 0.1) is 17.6 Å². The lowest BCUT2D eigenvalue weighted by Crippen LogP contribution is -2.42. The summed E-state index contributed by atoms with van der Waals surface area (Å²) in [5.74, 6) is 1.36. The molecule has 35 heavy (non-hydrogen) atoms. The fourth-order valence-electron chi connectivity index (χ4n) is 5.61. The Bertz CT molecular complexity index is 1160. The maximum atomic E-state index is 12.8. The number of fused-ring (bicyclic) bond motifs is 1. The zero-order chi connectivity index (χ0) is 24.2. The molecule has 0 atom stereocenters. The van der Waals surface area contributed by atoms with E-state index in [-0.39, 0.29) is 11.8 Å². The number of carbonyl (C=O) groups is 1. The van der Waals surface area contributed by atoms with Crippen molar-refractivity contribution in [1.29, 1.82) is 0 Å². The van der Waals surface area contributed by atoms with Gasteiger partial charge in [0, 0.05) is 25.6 Å². The van der Waals surface area contributed by atoms with E-state index in [1.807, 2.05) is 0 Å². The van der Waals surface area contributed by atoms with Gasteiger partial charge in [-0.05, 0) is 88.8 Å². The number of piperidine rings is 1. The van der Waals surface area contributed by atoms with Crippen LogP contribution in [0.25, 0.3) is 11.0 Å². The Kier molecular flexibility index (Phi) is 7.37. The minimum Gasteiger partial charge on any atom is -0.356 e. The van der Waals surface area contributed by atoms with Crippen molar-refractivity contribution in [2.45, 2.75) is 52.5 Å². The third kappa shape index (κ3) is 5.53. The average molecular weight is 474 g/mol. The summed E-state index contributed by atoms with van der Waals surface area (Å²) in [4.78, 5) is 22.7. The van der Waals surface area contributed by atoms with Gasteiger partial charge in [-0.1, -0.05) is 35.9 Å². The van der Waals surface area contributed by atoms with Gasteiger partial charge >= 0.3 is 0 Å². The lowest BCUT2D eigenvalue weighted by Gasteiger charge is -2.32. The molecule has 1 N–H and O–H groups in total. The zero-order valence-electron chi connectivity index (χ0n) is 21.3. The summed E-state index contributed by atoms with van der Waals surface area (Å²) in [6.45, 7) is 11.2. The van der Waals surface area contributed by atoms with Gasteiger partial charge in [0.25, 0.3) is 0 Å². The van der Waals surface area contributed by atoms with Crippen molar-refractivity contribution in [3.63, 3.8) is 0 Å². The number of aryl methyl sites for hydroxylation is 2. The maximum Gasteiger partial charge on any atom is 0.223 e. The molecule has 1 aromatic heterocycles. The first-order chi connectivity index (χ1) is 17.1. The molecule has 3 aromatic rings. The highest BCUT2D eigenvalue weighted by atomic mass is 16.1. The summed E-state index contributed by atoms with van der Waals surface area (Å²) in [5, 5.41) is 3.20. The second-order valence-corrected chi connectivity index (χ2v) is 10.4. The lowest BCUT2D eigenvalue weighted by molar-refractivity contribution is -0.125. The van der Waals surface area contributed by atoms with Gasteiger partial charge in [0.15, 0.2) is 0 Å². The number of aromatic nitrogens is 2. The van der Waals surface area contributed by atoms with Crippen LogP contribution in [0.15, 0.2) is 42.5 Å². The second kappa shape index (κ2) is 10.8. The molecule has 2 saturated heterocycles. The highest BCUT2D eigenvalue weighted by molar-refractivity contribution is 5.80. The van der Waals surface area contributed by atoms with E-state index in [0.29, 0.717) is 0 Å². The van der Waals surface area contributed by atoms with Gasteiger partial charge in [-0.25, -0.2) is 4.98 Å². The number of nitrogens with zero attached hydrogens (tertiary/aromatic N) is 4. The summed E-state index contributed by atoms with van der Waals surface area (Å²) in [6.07, 6.45) is 5.45. The number of benzene rings is 2. The third-order valence-electron chi connectivity index (χ3n) is 7.77. The Labute approximate surface area is 209 Å². The molecule has 1 amide bonds. The maximum absolute atomic E-state index is 12.8. The van der Waals surface area contributed by atoms with Crippen molar-refractivity contribution in [3.05, 3.63) is 59.2 Å². The van der Waals surface area contributed by atoms with Crippen LogP contribution < -0.4 is 10.2 Å². The third-order valence-corrected chi connectivity index (χ3v) is 7.77. The monoisotopic (exact) mass is 473 g/mol. The van der Waals surface area contributed by atoms with Crippen molar-refractivity contribution >= 4 is 22.9 Å². The molecule has 0 saturated carbocycles. The highest BCUT2D eigenvalue weighted by Crippen LogP contribution is 2.28. The van der Waals surface area contributed by atoms with Crippen molar-refractivity contribution in [2.75, 3.05) is 44.2 Å². The Morgan fingerprint density at radius 3 is 2.60 bits per heavy atom. The number of likely N-dealkylation sites (tertiary alicyclic amines) is 1. The number of para-hydroxylation sites is 2. The van der Waals surface area contributed by atoms with E-state index in [1.165, 1.54) is 48.1 Å². The van der Waals surface area contributed by atoms with Gasteiger partial charge in [-0.3, -0.25) is 4.79 Å². The summed E-state index contributed by atoms with van der Waals surface area (Å²) >= 11 is 0. The Hall–Kier alpha value is -2.86. The summed E-state index contributed by atoms with van der Waals surface area (Å²) in [5.41, 5.74) is 6.12. The zero-order valence-corrected chi connectivity index (χ0v) is 21.3. The first-order valence-corrected chi connectivity index (χ1v) is 13.3. The molecule has 0 spiro atoms. The summed E-state index contributed by atoms with van der Waals surface area (Å²) in [7, 11) is 0. The largest absolute Gasteiger partial charge is 0.356 e. The van der Waals surface area contributed by atoms with E-state index in [2.05, 4.69) is 76.0 Å². The summed E-state index contributed by atoms with van der Waals surface area (Å²) in [6, 6.07) is 15.1. The molecule has 0 aliphatic carbocycles. The number of hydrogen-bond acceptors (Lipinski definition) is 4. The van der Waals surface area contributed by atoms with Gasteiger partial charge < -0.3 is 19.7 Å². The van der Waals surface area contributed by atoms with Gasteiger partial charge in [0.1, 0.15) is 0 Å². The van der Waals surface area contributed by atoms with Crippen molar-refractivity contribution < 1.29 is 4.79 Å². The molecule has 2 aliphatic rings. The predicted octanol–water partition coefficient (Wildman–Crippen LogP) is 4.52. The van der Waals surface area contributed by atoms with Gasteiger partial charge in [0.2, 0.25) is 11.9 Å². The van der Waals surface area contributed by atoms with Crippen LogP contribution in [0.3, 0.4) is 0 Å². The fraction of sp³-hybridized carbons (Fsp3) is 0.517. The van der Waals surface area contributed by atoms with Crippen LogP contribution in [0.5, 0.6) is 0 Å². The van der Waals surface area contributed by atoms with Crippen molar-refractivity contribution in [2.24, 2.45) is 5.92 Å². The minimum absolute atomic E-state index is 0.106. The molecule has 6 heteroatoms. The van der Waals surface area contributed by atoms with E-state index >= 15 is 0 Å². The normalized spacial score (nSPS) is 17.4. The number of nitrogens with one attached hydrogen (secondary N) is 1. The Balaban J connectivity index is 1.23. The van der Waals surface area contributed by atoms with Crippen LogP contribution in [-0.4, -0.2) is 59.6 Å². The standard InChI is InChI=1S/C29H39N5O/c1-22-10-11-23(2)25(20-22)21-34-27-9-4-3-8-26(27)31-29(34)33-18-12-24(13-19-33)28(35)30-14-7-17-32-15-5-6-16-32/h3-4,8-11,20,24H,5-7,12-19,21H2,1-2H3,(H,30,35). The lowest BCUT2D eigenvalue weighted by atomic mass is 9.96. The molecule has 0 radical (unpaired) electrons. The van der Waals surface area contributed by atoms with Crippen LogP contribution in [0.2, 0.25) is 0 Å². The summed E-state index contributed by atoms with van der Waals surface area (Å²) < 4.78 is 2.36. The molecule has 0 bridgehead atoms. The smallest absolute Gasteiger partial charge is 0.223 e. The Morgan fingerprint density at radius 1 is 1.03 bits per heavy atom. The van der Waals surface area contributed by atoms with E-state index in [9.17, 15) is 4.79 Å². The number of carbonyl (C=O) groups excluding carboxylic acids is 1. The first kappa shape index (κ1) is 23.9. The topological polar surface area (TPSA) is 53.4 Å². The van der Waals surface area contributed by atoms with Gasteiger partial charge in [-0.2, -0.15) is 0 Å². The van der Waals surface area contributed by atoms with Crippen LogP contribution in [0.1, 0.15) is 48.8 Å². The first-order valence-electron chi connectivity index (χ1n) is 13.3.